The molecule has 0 aromatic carbocycles. The molecule has 0 aromatic rings. The number of hydrogen-bond donors (Lipinski definition) is 1. The maximum absolute atomic E-state index is 12.7. The summed E-state index contributed by atoms with van der Waals surface area (Å²) in [5.41, 5.74) is 0. The van der Waals surface area contributed by atoms with Crippen LogP contribution in [0, 0.1) is 0 Å². The van der Waals surface area contributed by atoms with Crippen LogP contribution in [0.1, 0.15) is 110 Å². The van der Waals surface area contributed by atoms with Crippen LogP contribution in [0.2, 0.25) is 0 Å². The van der Waals surface area contributed by atoms with Crippen LogP contribution >= 0.6 is 7.82 Å². The highest BCUT2D eigenvalue weighted by Gasteiger charge is 2.30. The second-order valence-electron chi connectivity index (χ2n) is 13.0. The van der Waals surface area contributed by atoms with Gasteiger partial charge in [0.1, 0.15) is 26.2 Å². The van der Waals surface area contributed by atoms with E-state index >= 15 is 0 Å². The van der Waals surface area contributed by atoms with Gasteiger partial charge in [0, 0.05) is 19.7 Å². The molecule has 2 unspecified atom stereocenters. The predicted octanol–water partition coefficient (Wildman–Crippen LogP) is 6.71. The minimum Gasteiger partial charge on any atom is -0.441 e. The molecule has 0 bridgehead atoms. The first-order valence-corrected chi connectivity index (χ1v) is 19.5. The zero-order valence-corrected chi connectivity index (χ0v) is 29.5. The Morgan fingerprint density at radius 2 is 1.27 bits per heavy atom. The molecule has 12 heteroatoms. The van der Waals surface area contributed by atoms with E-state index in [-0.39, 0.29) is 19.8 Å². The molecule has 2 aliphatic rings. The van der Waals surface area contributed by atoms with Gasteiger partial charge in [0.2, 0.25) is 0 Å². The summed E-state index contributed by atoms with van der Waals surface area (Å²) in [7, 11) is -2.24. The summed E-state index contributed by atoms with van der Waals surface area (Å²) in [4.78, 5) is 24.5. The van der Waals surface area contributed by atoms with Crippen LogP contribution in [0.5, 0.6) is 0 Å². The topological polar surface area (TPSA) is 113 Å². The van der Waals surface area contributed by atoms with Crippen LogP contribution in [0.25, 0.3) is 0 Å². The zero-order chi connectivity index (χ0) is 32.5. The van der Waals surface area contributed by atoms with Crippen LogP contribution in [-0.2, 0) is 32.6 Å². The van der Waals surface area contributed by atoms with E-state index in [1.54, 1.807) is 4.90 Å². The van der Waals surface area contributed by atoms with Gasteiger partial charge in [0.05, 0.1) is 46.7 Å². The first-order chi connectivity index (χ1) is 21.8. The molecule has 0 radical (unpaired) electrons. The largest absolute Gasteiger partial charge is 0.472 e. The smallest absolute Gasteiger partial charge is 0.441 e. The van der Waals surface area contributed by atoms with E-state index in [0.717, 1.165) is 25.9 Å². The van der Waals surface area contributed by atoms with Gasteiger partial charge in [0.15, 0.2) is 6.10 Å². The predicted molar refractivity (Wildman–Crippen MR) is 176 cm³/mol. The molecule has 2 atom stereocenters. The molecule has 266 valence electrons. The monoisotopic (exact) mass is 665 g/mol. The molecule has 2 rings (SSSR count). The molecule has 2 fully saturated rings. The van der Waals surface area contributed by atoms with Crippen molar-refractivity contribution in [3.8, 4) is 0 Å². The highest BCUT2D eigenvalue weighted by atomic mass is 31.2. The number of ether oxygens (including phenoxy) is 4. The summed E-state index contributed by atoms with van der Waals surface area (Å²) >= 11 is 0. The fourth-order valence-corrected chi connectivity index (χ4v) is 6.39. The molecular formula is C33H66N2O9P+. The van der Waals surface area contributed by atoms with Crippen LogP contribution in [0.4, 0.5) is 4.79 Å². The number of phosphoric acid groups is 1. The summed E-state index contributed by atoms with van der Waals surface area (Å²) in [6, 6.07) is 0. The lowest BCUT2D eigenvalue weighted by Gasteiger charge is -2.37. The first-order valence-electron chi connectivity index (χ1n) is 18.0. The maximum Gasteiger partial charge on any atom is 0.472 e. The third kappa shape index (κ3) is 20.9. The van der Waals surface area contributed by atoms with Crippen LogP contribution in [-0.4, -0.2) is 119 Å². The number of amides is 1. The number of morpholine rings is 2. The number of phosphoric ester groups is 1. The fourth-order valence-electron chi connectivity index (χ4n) is 5.64. The Bertz CT molecular complexity index is 779. The van der Waals surface area contributed by atoms with Gasteiger partial charge in [0.25, 0.3) is 0 Å². The summed E-state index contributed by atoms with van der Waals surface area (Å²) < 4.78 is 45.9. The lowest BCUT2D eigenvalue weighted by molar-refractivity contribution is -0.916. The van der Waals surface area contributed by atoms with Crippen molar-refractivity contribution in [2.24, 2.45) is 0 Å². The highest BCUT2D eigenvalue weighted by molar-refractivity contribution is 7.47. The van der Waals surface area contributed by atoms with E-state index in [9.17, 15) is 14.3 Å². The Labute approximate surface area is 273 Å². The van der Waals surface area contributed by atoms with Crippen molar-refractivity contribution >= 4 is 13.9 Å². The molecule has 2 saturated heterocycles. The standard InChI is InChI=1S/C33H65N2O9P/c1-3-4-5-6-7-8-9-10-11-12-13-14-15-16-17-18-24-41-30-32(44-33(36)34-19-25-39-26-20-34)31-43-45(37,38)42-29-23-35(2)21-27-40-28-22-35/h32H,3-31H2,1-2H3/p+1. The number of carbonyl (C=O) groups excluding carboxylic acids is 1. The summed E-state index contributed by atoms with van der Waals surface area (Å²) in [6.07, 6.45) is 19.6. The lowest BCUT2D eigenvalue weighted by Crippen LogP contribution is -2.53. The van der Waals surface area contributed by atoms with E-state index in [2.05, 4.69) is 14.0 Å². The van der Waals surface area contributed by atoms with E-state index in [1.165, 1.54) is 89.9 Å². The van der Waals surface area contributed by atoms with Crippen molar-refractivity contribution in [3.63, 3.8) is 0 Å². The van der Waals surface area contributed by atoms with Gasteiger partial charge in [-0.05, 0) is 6.42 Å². The highest BCUT2D eigenvalue weighted by Crippen LogP contribution is 2.43. The quantitative estimate of drug-likeness (QED) is 0.0581. The van der Waals surface area contributed by atoms with Crippen LogP contribution in [0.3, 0.4) is 0 Å². The van der Waals surface area contributed by atoms with Gasteiger partial charge in [-0.25, -0.2) is 9.36 Å². The van der Waals surface area contributed by atoms with E-state index < -0.39 is 20.0 Å². The molecule has 0 spiro atoms. The zero-order valence-electron chi connectivity index (χ0n) is 28.6. The van der Waals surface area contributed by atoms with Gasteiger partial charge in [-0.2, -0.15) is 0 Å². The van der Waals surface area contributed by atoms with Gasteiger partial charge in [-0.3, -0.25) is 9.05 Å². The number of nitrogens with zero attached hydrogens (tertiary/aromatic N) is 2. The Morgan fingerprint density at radius 1 is 0.756 bits per heavy atom. The van der Waals surface area contributed by atoms with Crippen molar-refractivity contribution in [2.45, 2.75) is 116 Å². The van der Waals surface area contributed by atoms with E-state index in [1.807, 2.05) is 0 Å². The van der Waals surface area contributed by atoms with Crippen LogP contribution in [0.15, 0.2) is 0 Å². The second-order valence-corrected chi connectivity index (χ2v) is 14.4. The molecule has 45 heavy (non-hydrogen) atoms. The maximum atomic E-state index is 12.7. The number of quaternary nitrogens is 1. The Hall–Kier alpha value is -0.780. The minimum atomic E-state index is -4.32. The number of rotatable bonds is 27. The first kappa shape index (κ1) is 40.4. The number of hydrogen-bond acceptors (Lipinski definition) is 8. The van der Waals surface area contributed by atoms with Gasteiger partial charge in [-0.15, -0.1) is 0 Å². The van der Waals surface area contributed by atoms with Crippen molar-refractivity contribution in [1.82, 2.24) is 4.90 Å². The molecular weight excluding hydrogens is 599 g/mol. The summed E-state index contributed by atoms with van der Waals surface area (Å²) in [6.45, 7) is 8.05. The lowest BCUT2D eigenvalue weighted by atomic mass is 10.0. The Balaban J connectivity index is 1.56. The Kier molecular flexibility index (Phi) is 22.7. The number of carbonyl (C=O) groups is 1. The third-order valence-corrected chi connectivity index (χ3v) is 9.83. The average Bonchev–Trinajstić information content (AvgIpc) is 3.03. The molecule has 1 amide bonds. The average molecular weight is 666 g/mol. The van der Waals surface area contributed by atoms with Gasteiger partial charge < -0.3 is 33.2 Å². The van der Waals surface area contributed by atoms with Crippen molar-refractivity contribution in [3.05, 3.63) is 0 Å². The van der Waals surface area contributed by atoms with Crippen molar-refractivity contribution in [1.29, 1.82) is 0 Å². The number of unbranched alkanes of at least 4 members (excludes halogenated alkanes) is 15. The Morgan fingerprint density at radius 3 is 1.82 bits per heavy atom. The molecule has 2 aliphatic heterocycles. The van der Waals surface area contributed by atoms with Gasteiger partial charge >= 0.3 is 13.9 Å². The molecule has 0 aliphatic carbocycles. The van der Waals surface area contributed by atoms with Gasteiger partial charge in [-0.1, -0.05) is 103 Å². The molecule has 2 heterocycles. The fraction of sp³-hybridized carbons (Fsp3) is 0.970. The molecule has 1 N–H and O–H groups in total. The minimum absolute atomic E-state index is 0.0816. The summed E-state index contributed by atoms with van der Waals surface area (Å²) in [5.74, 6) is 0. The molecule has 0 saturated carbocycles. The van der Waals surface area contributed by atoms with E-state index in [4.69, 9.17) is 28.0 Å². The van der Waals surface area contributed by atoms with Crippen molar-refractivity contribution in [2.75, 3.05) is 92.6 Å². The third-order valence-electron chi connectivity index (χ3n) is 8.84. The summed E-state index contributed by atoms with van der Waals surface area (Å²) in [5, 5.41) is 0. The van der Waals surface area contributed by atoms with Crippen LogP contribution < -0.4 is 0 Å². The second kappa shape index (κ2) is 25.3. The van der Waals surface area contributed by atoms with E-state index in [0.29, 0.717) is 57.2 Å². The van der Waals surface area contributed by atoms with Crippen molar-refractivity contribution < 1.29 is 46.7 Å². The molecule has 0 aromatic heterocycles. The molecule has 11 nitrogen and oxygen atoms in total. The SMILES string of the molecule is CCCCCCCCCCCCCCCCCCOCC(COP(=O)(O)OCC[N+]1(C)CCOCC1)OC(=O)N1CCOCC1. The normalized spacial score (nSPS) is 18.9. The number of likely N-dealkylation sites (N-methyl/N-ethyl adjacent to an activating group) is 1.